The van der Waals surface area contributed by atoms with Crippen LogP contribution in [0, 0.1) is 10.1 Å². The average Bonchev–Trinajstić information content (AvgIpc) is 2.90. The number of aromatic amines is 1. The van der Waals surface area contributed by atoms with Gasteiger partial charge in [-0.15, -0.1) is 0 Å². The van der Waals surface area contributed by atoms with E-state index in [1.807, 2.05) is 6.92 Å². The van der Waals surface area contributed by atoms with Crippen LogP contribution in [-0.4, -0.2) is 40.7 Å². The molecule has 0 fully saturated rings. The third-order valence-electron chi connectivity index (χ3n) is 3.03. The highest BCUT2D eigenvalue weighted by Crippen LogP contribution is 2.22. The Kier molecular flexibility index (Phi) is 7.00. The van der Waals surface area contributed by atoms with Crippen molar-refractivity contribution in [2.45, 2.75) is 39.0 Å². The first-order valence-electron chi connectivity index (χ1n) is 7.07. The molecule has 0 spiro atoms. The topological polar surface area (TPSA) is 127 Å². The lowest BCUT2D eigenvalue weighted by molar-refractivity contribution is -0.385. The monoisotopic (exact) mass is 312 g/mol. The lowest BCUT2D eigenvalue weighted by Crippen LogP contribution is -2.25. The number of hydrogen-bond acceptors (Lipinski definition) is 6. The van der Waals surface area contributed by atoms with Gasteiger partial charge in [-0.25, -0.2) is 0 Å². The number of hydrogen-bond donors (Lipinski definition) is 2. The highest BCUT2D eigenvalue weighted by molar-refractivity contribution is 5.96. The van der Waals surface area contributed by atoms with Crippen LogP contribution in [0.2, 0.25) is 0 Å². The van der Waals surface area contributed by atoms with Gasteiger partial charge in [-0.1, -0.05) is 13.3 Å². The number of unbranched alkanes of at least 4 members (excludes halogenated alkanes) is 1. The molecule has 1 aromatic rings. The Bertz CT molecular complexity index is 541. The van der Waals surface area contributed by atoms with Crippen LogP contribution < -0.4 is 5.32 Å². The number of esters is 1. The molecule has 2 N–H and O–H groups in total. The maximum atomic E-state index is 12.0. The van der Waals surface area contributed by atoms with Crippen LogP contribution in [0.3, 0.4) is 0 Å². The zero-order chi connectivity index (χ0) is 16.5. The van der Waals surface area contributed by atoms with Gasteiger partial charge >= 0.3 is 11.7 Å². The van der Waals surface area contributed by atoms with Crippen molar-refractivity contribution in [1.29, 1.82) is 0 Å². The summed E-state index contributed by atoms with van der Waals surface area (Å²) < 4.78 is 4.50. The van der Waals surface area contributed by atoms with Gasteiger partial charge < -0.3 is 10.1 Å². The second-order valence-electron chi connectivity index (χ2n) is 4.70. The van der Waals surface area contributed by atoms with Crippen LogP contribution >= 0.6 is 0 Å². The summed E-state index contributed by atoms with van der Waals surface area (Å²) in [4.78, 5) is 33.4. The van der Waals surface area contributed by atoms with Gasteiger partial charge in [0.15, 0.2) is 0 Å². The fourth-order valence-electron chi connectivity index (χ4n) is 1.93. The van der Waals surface area contributed by atoms with Crippen LogP contribution in [0.15, 0.2) is 0 Å². The number of aromatic nitrogens is 2. The Morgan fingerprint density at radius 3 is 2.73 bits per heavy atom. The van der Waals surface area contributed by atoms with Crippen molar-refractivity contribution < 1.29 is 19.2 Å². The predicted octanol–water partition coefficient (Wildman–Crippen LogP) is 1.34. The molecule has 1 rings (SSSR count). The number of nitrogens with one attached hydrogen (secondary N) is 2. The minimum atomic E-state index is -0.597. The fraction of sp³-hybridized carbons (Fsp3) is 0.615. The molecule has 1 heterocycles. The molecule has 0 radical (unpaired) electrons. The van der Waals surface area contributed by atoms with E-state index in [4.69, 9.17) is 0 Å². The van der Waals surface area contributed by atoms with E-state index in [0.29, 0.717) is 37.9 Å². The molecule has 1 amide bonds. The van der Waals surface area contributed by atoms with Gasteiger partial charge in [0.25, 0.3) is 5.91 Å². The normalized spacial score (nSPS) is 10.3. The maximum Gasteiger partial charge on any atom is 0.322 e. The molecule has 0 aliphatic rings. The number of carbonyl (C=O) groups excluding carboxylic acids is 2. The molecule has 0 aliphatic heterocycles. The van der Waals surface area contributed by atoms with Gasteiger partial charge in [0.1, 0.15) is 5.69 Å². The number of nitrogens with zero attached hydrogens (tertiary/aromatic N) is 2. The summed E-state index contributed by atoms with van der Waals surface area (Å²) in [6.07, 6.45) is 2.57. The molecule has 9 heteroatoms. The van der Waals surface area contributed by atoms with E-state index >= 15 is 0 Å². The highest BCUT2D eigenvalue weighted by atomic mass is 16.6. The Hall–Kier alpha value is -2.45. The molecule has 0 bridgehead atoms. The zero-order valence-electron chi connectivity index (χ0n) is 12.7. The first-order chi connectivity index (χ1) is 10.5. The molecular formula is C13H20N4O5. The van der Waals surface area contributed by atoms with E-state index in [1.54, 1.807) is 0 Å². The molecule has 9 nitrogen and oxygen atoms in total. The molecule has 0 saturated heterocycles. The van der Waals surface area contributed by atoms with Crippen molar-refractivity contribution in [2.75, 3.05) is 13.7 Å². The number of carbonyl (C=O) groups is 2. The van der Waals surface area contributed by atoms with Crippen molar-refractivity contribution >= 4 is 17.6 Å². The standard InChI is InChI=1S/C13H20N4O5/c1-3-6-9-12(17(20)21)11(16-15-9)13(19)14-8-5-4-7-10(18)22-2/h3-8H2,1-2H3,(H,14,19)(H,15,16). The number of nitro groups is 1. The van der Waals surface area contributed by atoms with Crippen LogP contribution in [0.4, 0.5) is 5.69 Å². The van der Waals surface area contributed by atoms with Gasteiger partial charge in [-0.05, 0) is 19.3 Å². The summed E-state index contributed by atoms with van der Waals surface area (Å²) in [5.41, 5.74) is -0.126. The summed E-state index contributed by atoms with van der Waals surface area (Å²) >= 11 is 0. The van der Waals surface area contributed by atoms with E-state index in [-0.39, 0.29) is 23.8 Å². The van der Waals surface area contributed by atoms with Crippen molar-refractivity contribution in [2.24, 2.45) is 0 Å². The number of aryl methyl sites for hydroxylation is 1. The largest absolute Gasteiger partial charge is 0.469 e. The SMILES string of the molecule is CCCc1[nH]nc(C(=O)NCCCCC(=O)OC)c1[N+](=O)[O-]. The maximum absolute atomic E-state index is 12.0. The van der Waals surface area contributed by atoms with E-state index in [9.17, 15) is 19.7 Å². The van der Waals surface area contributed by atoms with E-state index in [2.05, 4.69) is 20.3 Å². The summed E-state index contributed by atoms with van der Waals surface area (Å²) in [6.45, 7) is 2.19. The minimum Gasteiger partial charge on any atom is -0.469 e. The van der Waals surface area contributed by atoms with Crippen molar-refractivity contribution in [3.63, 3.8) is 0 Å². The van der Waals surface area contributed by atoms with Crippen molar-refractivity contribution in [1.82, 2.24) is 15.5 Å². The lowest BCUT2D eigenvalue weighted by Gasteiger charge is -2.03. The number of amides is 1. The summed E-state index contributed by atoms with van der Waals surface area (Å²) in [7, 11) is 1.31. The van der Waals surface area contributed by atoms with E-state index in [1.165, 1.54) is 7.11 Å². The van der Waals surface area contributed by atoms with Crippen LogP contribution in [0.25, 0.3) is 0 Å². The van der Waals surface area contributed by atoms with Gasteiger partial charge in [-0.3, -0.25) is 24.8 Å². The van der Waals surface area contributed by atoms with Crippen LogP contribution in [-0.2, 0) is 16.0 Å². The smallest absolute Gasteiger partial charge is 0.322 e. The lowest BCUT2D eigenvalue weighted by atomic mass is 10.2. The summed E-state index contributed by atoms with van der Waals surface area (Å²) in [5, 5.41) is 19.9. The van der Waals surface area contributed by atoms with Gasteiger partial charge in [0, 0.05) is 13.0 Å². The van der Waals surface area contributed by atoms with E-state index < -0.39 is 10.8 Å². The average molecular weight is 312 g/mol. The quantitative estimate of drug-likeness (QED) is 0.306. The third kappa shape index (κ3) is 4.83. The van der Waals surface area contributed by atoms with Crippen molar-refractivity contribution in [3.05, 3.63) is 21.5 Å². The first-order valence-corrected chi connectivity index (χ1v) is 7.07. The summed E-state index contributed by atoms with van der Waals surface area (Å²) in [6, 6.07) is 0. The zero-order valence-corrected chi connectivity index (χ0v) is 12.7. The molecule has 0 aliphatic carbocycles. The van der Waals surface area contributed by atoms with Crippen LogP contribution in [0.5, 0.6) is 0 Å². The highest BCUT2D eigenvalue weighted by Gasteiger charge is 2.28. The van der Waals surface area contributed by atoms with Gasteiger partial charge in [-0.2, -0.15) is 5.10 Å². The van der Waals surface area contributed by atoms with Gasteiger partial charge in [0.05, 0.1) is 12.0 Å². The second kappa shape index (κ2) is 8.75. The minimum absolute atomic E-state index is 0.207. The Balaban J connectivity index is 2.55. The Morgan fingerprint density at radius 2 is 2.14 bits per heavy atom. The molecule has 0 unspecified atom stereocenters. The van der Waals surface area contributed by atoms with Gasteiger partial charge in [0.2, 0.25) is 5.69 Å². The predicted molar refractivity (Wildman–Crippen MR) is 77.4 cm³/mol. The molecule has 0 aromatic carbocycles. The number of ether oxygens (including phenoxy) is 1. The molecule has 22 heavy (non-hydrogen) atoms. The second-order valence-corrected chi connectivity index (χ2v) is 4.70. The first kappa shape index (κ1) is 17.6. The van der Waals surface area contributed by atoms with Crippen LogP contribution in [0.1, 0.15) is 48.8 Å². The van der Waals surface area contributed by atoms with Crippen molar-refractivity contribution in [3.8, 4) is 0 Å². The number of rotatable bonds is 9. The fourth-order valence-corrected chi connectivity index (χ4v) is 1.93. The van der Waals surface area contributed by atoms with E-state index in [0.717, 1.165) is 0 Å². The Morgan fingerprint density at radius 1 is 1.41 bits per heavy atom. The Labute approximate surface area is 127 Å². The molecule has 0 saturated carbocycles. The molecule has 122 valence electrons. The molecule has 1 aromatic heterocycles. The number of methoxy groups -OCH3 is 1. The molecular weight excluding hydrogens is 292 g/mol. The number of H-pyrrole nitrogens is 1. The third-order valence-corrected chi connectivity index (χ3v) is 3.03. The summed E-state index contributed by atoms with van der Waals surface area (Å²) in [5.74, 6) is -0.901. The molecule has 0 atom stereocenters.